The van der Waals surface area contributed by atoms with Crippen molar-refractivity contribution < 1.29 is 19.3 Å². The summed E-state index contributed by atoms with van der Waals surface area (Å²) in [4.78, 5) is 11.1. The maximum atomic E-state index is 10.6. The lowest BCUT2D eigenvalue weighted by atomic mass is 10.1. The molecular formula is C13H17N5O4S. The number of fused-ring (bicyclic) bond motifs is 2. The molecule has 0 unspecified atom stereocenters. The maximum Gasteiger partial charge on any atom is 0.200 e. The summed E-state index contributed by atoms with van der Waals surface area (Å²) in [6.45, 7) is 3.95. The van der Waals surface area contributed by atoms with E-state index in [1.54, 1.807) is 18.4 Å². The van der Waals surface area contributed by atoms with Crippen LogP contribution in [0.3, 0.4) is 0 Å². The Hall–Kier alpha value is -1.59. The zero-order valence-electron chi connectivity index (χ0n) is 12.6. The first kappa shape index (κ1) is 15.0. The molecule has 0 bridgehead atoms. The Morgan fingerprint density at radius 3 is 3.09 bits per heavy atom. The molecule has 2 fully saturated rings. The molecule has 9 nitrogen and oxygen atoms in total. The number of ether oxygens (including phenoxy) is 3. The average Bonchev–Trinajstić information content (AvgIpc) is 3.00. The molecule has 2 aliphatic rings. The van der Waals surface area contributed by atoms with E-state index in [1.165, 1.54) is 6.33 Å². The molecule has 4 rings (SSSR count). The van der Waals surface area contributed by atoms with Gasteiger partial charge in [-0.15, -0.1) is 0 Å². The Kier molecular flexibility index (Phi) is 3.22. The van der Waals surface area contributed by atoms with Gasteiger partial charge in [-0.25, -0.2) is 9.97 Å². The number of H-pyrrole nitrogens is 1. The smallest absolute Gasteiger partial charge is 0.200 e. The fourth-order valence-corrected chi connectivity index (χ4v) is 3.27. The third-order valence-electron chi connectivity index (χ3n) is 4.06. The summed E-state index contributed by atoms with van der Waals surface area (Å²) in [5, 5.41) is 10.6. The second-order valence-electron chi connectivity index (χ2n) is 6.13. The van der Waals surface area contributed by atoms with Gasteiger partial charge in [-0.05, 0) is 13.8 Å². The van der Waals surface area contributed by atoms with Gasteiger partial charge in [0.05, 0.1) is 12.9 Å². The van der Waals surface area contributed by atoms with Gasteiger partial charge in [0.2, 0.25) is 0 Å². The summed E-state index contributed by atoms with van der Waals surface area (Å²) in [5.41, 5.74) is 6.76. The number of aromatic amines is 1. The number of aliphatic hydroxyl groups excluding tert-OH is 1. The van der Waals surface area contributed by atoms with E-state index >= 15 is 0 Å². The highest BCUT2D eigenvalue weighted by Crippen LogP contribution is 2.38. The van der Waals surface area contributed by atoms with E-state index in [2.05, 4.69) is 15.0 Å². The molecule has 0 aromatic carbocycles. The van der Waals surface area contributed by atoms with Crippen molar-refractivity contribution in [1.82, 2.24) is 19.5 Å². The van der Waals surface area contributed by atoms with Gasteiger partial charge in [-0.1, -0.05) is 12.2 Å². The zero-order chi connectivity index (χ0) is 16.4. The summed E-state index contributed by atoms with van der Waals surface area (Å²) >= 11 is 5.16. The van der Waals surface area contributed by atoms with E-state index in [0.29, 0.717) is 22.4 Å². The number of rotatable bonds is 1. The topological polar surface area (TPSA) is 120 Å². The van der Waals surface area contributed by atoms with Crippen LogP contribution in [-0.2, 0) is 14.2 Å². The number of nitrogens with zero attached hydrogens (tertiary/aromatic N) is 3. The summed E-state index contributed by atoms with van der Waals surface area (Å²) in [5.74, 6) is -0.582. The Bertz CT molecular complexity index is 818. The number of hydrogen-bond donors (Lipinski definition) is 3. The SMILES string of the molecule is CC1(C)OC[C@H]2O[C@@H](n3cnc4c(=S)nc(N)[nH]c43)[C@@H](O)[C@H]2O1. The normalized spacial score (nSPS) is 33.0. The molecule has 2 aliphatic heterocycles. The van der Waals surface area contributed by atoms with Crippen LogP contribution in [0.25, 0.3) is 11.2 Å². The minimum absolute atomic E-state index is 0.176. The minimum atomic E-state index is -0.878. The number of nitrogens with one attached hydrogen (secondary N) is 1. The fourth-order valence-electron chi connectivity index (χ4n) is 3.02. The highest BCUT2D eigenvalue weighted by molar-refractivity contribution is 7.71. The molecule has 23 heavy (non-hydrogen) atoms. The monoisotopic (exact) mass is 339 g/mol. The largest absolute Gasteiger partial charge is 0.386 e. The summed E-state index contributed by atoms with van der Waals surface area (Å²) in [6, 6.07) is 0. The van der Waals surface area contributed by atoms with Gasteiger partial charge in [0, 0.05) is 0 Å². The van der Waals surface area contributed by atoms with Crippen LogP contribution in [0.4, 0.5) is 5.95 Å². The van der Waals surface area contributed by atoms with Crippen LogP contribution in [0, 0.1) is 4.64 Å². The number of aromatic nitrogens is 4. The van der Waals surface area contributed by atoms with Gasteiger partial charge in [-0.3, -0.25) is 4.57 Å². The van der Waals surface area contributed by atoms with Crippen molar-refractivity contribution in [2.45, 2.75) is 44.2 Å². The summed E-state index contributed by atoms with van der Waals surface area (Å²) in [7, 11) is 0. The van der Waals surface area contributed by atoms with Crippen molar-refractivity contribution in [3.8, 4) is 0 Å². The summed E-state index contributed by atoms with van der Waals surface area (Å²) in [6.07, 6.45) is -0.863. The van der Waals surface area contributed by atoms with E-state index in [0.717, 1.165) is 0 Å². The van der Waals surface area contributed by atoms with Gasteiger partial charge in [0.25, 0.3) is 0 Å². The van der Waals surface area contributed by atoms with Crippen LogP contribution in [0.2, 0.25) is 0 Å². The highest BCUT2D eigenvalue weighted by Gasteiger charge is 2.51. The van der Waals surface area contributed by atoms with Gasteiger partial charge in [0.1, 0.15) is 29.5 Å². The molecule has 4 atom stereocenters. The van der Waals surface area contributed by atoms with Gasteiger partial charge < -0.3 is 30.0 Å². The quantitative estimate of drug-likeness (QED) is 0.642. The molecule has 2 aromatic heterocycles. The third-order valence-corrected chi connectivity index (χ3v) is 4.35. The van der Waals surface area contributed by atoms with Crippen LogP contribution < -0.4 is 5.73 Å². The molecule has 4 N–H and O–H groups in total. The van der Waals surface area contributed by atoms with E-state index in [-0.39, 0.29) is 12.1 Å². The molecule has 0 saturated carbocycles. The third kappa shape index (κ3) is 2.34. The van der Waals surface area contributed by atoms with Crippen LogP contribution in [0.5, 0.6) is 0 Å². The van der Waals surface area contributed by atoms with Crippen molar-refractivity contribution in [2.75, 3.05) is 12.3 Å². The maximum absolute atomic E-state index is 10.6. The predicted octanol–water partition coefficient (Wildman–Crippen LogP) is 0.481. The number of nitrogen functional groups attached to an aromatic ring is 1. The molecule has 4 heterocycles. The Morgan fingerprint density at radius 1 is 1.52 bits per heavy atom. The van der Waals surface area contributed by atoms with Crippen molar-refractivity contribution in [1.29, 1.82) is 0 Å². The van der Waals surface area contributed by atoms with Crippen LogP contribution in [-0.4, -0.2) is 55.3 Å². The Labute approximate surface area is 136 Å². The van der Waals surface area contributed by atoms with Gasteiger partial charge in [0.15, 0.2) is 22.6 Å². The molecule has 124 valence electrons. The van der Waals surface area contributed by atoms with Gasteiger partial charge >= 0.3 is 0 Å². The van der Waals surface area contributed by atoms with Crippen LogP contribution in [0.1, 0.15) is 20.1 Å². The second kappa shape index (κ2) is 4.95. The first-order chi connectivity index (χ1) is 10.9. The number of anilines is 1. The number of hydrogen-bond acceptors (Lipinski definition) is 8. The van der Waals surface area contributed by atoms with E-state index in [4.69, 9.17) is 32.2 Å². The van der Waals surface area contributed by atoms with Crippen molar-refractivity contribution in [3.63, 3.8) is 0 Å². The standard InChI is InChI=1S/C13H17N5O4S/c1-13(2)20-3-5-8(22-13)7(19)11(21-5)18-4-15-6-9(18)16-12(14)17-10(6)23/h4-5,7-8,11,19H,3H2,1-2H3,(H3,14,16,17,23)/t5-,7+,8+,11-/m1/s1. The lowest BCUT2D eigenvalue weighted by Crippen LogP contribution is -2.50. The lowest BCUT2D eigenvalue weighted by molar-refractivity contribution is -0.300. The van der Waals surface area contributed by atoms with Crippen LogP contribution >= 0.6 is 12.2 Å². The highest BCUT2D eigenvalue weighted by atomic mass is 32.1. The molecule has 0 aliphatic carbocycles. The molecule has 0 spiro atoms. The Morgan fingerprint density at radius 2 is 2.30 bits per heavy atom. The zero-order valence-corrected chi connectivity index (χ0v) is 13.4. The predicted molar refractivity (Wildman–Crippen MR) is 81.9 cm³/mol. The minimum Gasteiger partial charge on any atom is -0.386 e. The van der Waals surface area contributed by atoms with Crippen molar-refractivity contribution >= 4 is 29.3 Å². The second-order valence-corrected chi connectivity index (χ2v) is 6.51. The van der Waals surface area contributed by atoms with Crippen molar-refractivity contribution in [2.24, 2.45) is 0 Å². The van der Waals surface area contributed by atoms with E-state index in [1.807, 2.05) is 0 Å². The van der Waals surface area contributed by atoms with E-state index in [9.17, 15) is 5.11 Å². The molecule has 2 saturated heterocycles. The number of imidazole rings is 1. The Balaban J connectivity index is 1.73. The molecule has 0 amide bonds. The van der Waals surface area contributed by atoms with Crippen molar-refractivity contribution in [3.05, 3.63) is 11.0 Å². The van der Waals surface area contributed by atoms with Gasteiger partial charge in [-0.2, -0.15) is 0 Å². The van der Waals surface area contributed by atoms with Crippen LogP contribution in [0.15, 0.2) is 6.33 Å². The number of nitrogens with two attached hydrogens (primary N) is 1. The molecule has 10 heteroatoms. The van der Waals surface area contributed by atoms with E-state index < -0.39 is 24.2 Å². The summed E-state index contributed by atoms with van der Waals surface area (Å²) < 4.78 is 19.2. The first-order valence-electron chi connectivity index (χ1n) is 7.23. The lowest BCUT2D eigenvalue weighted by Gasteiger charge is -2.37. The fraction of sp³-hybridized carbons (Fsp3) is 0.615. The molecule has 0 radical (unpaired) electrons. The number of aliphatic hydroxyl groups is 1. The average molecular weight is 339 g/mol. The molecular weight excluding hydrogens is 322 g/mol. The first-order valence-corrected chi connectivity index (χ1v) is 7.64. The molecule has 2 aromatic rings.